The summed E-state index contributed by atoms with van der Waals surface area (Å²) in [5, 5.41) is 2.68. The van der Waals surface area contributed by atoms with E-state index in [1.54, 1.807) is 11.1 Å². The van der Waals surface area contributed by atoms with Gasteiger partial charge in [0.05, 0.1) is 5.69 Å². The zero-order chi connectivity index (χ0) is 30.7. The van der Waals surface area contributed by atoms with Gasteiger partial charge in [0.2, 0.25) is 0 Å². The van der Waals surface area contributed by atoms with Gasteiger partial charge in [-0.2, -0.15) is 0 Å². The van der Waals surface area contributed by atoms with E-state index in [-0.39, 0.29) is 5.41 Å². The first-order valence-corrected chi connectivity index (χ1v) is 18.2. The summed E-state index contributed by atoms with van der Waals surface area (Å²) in [4.78, 5) is 2.55. The van der Waals surface area contributed by atoms with Gasteiger partial charge in [0.15, 0.2) is 0 Å². The fourth-order valence-electron chi connectivity index (χ4n) is 10.9. The summed E-state index contributed by atoms with van der Waals surface area (Å²) in [6.07, 6.45) is 5.66. The third kappa shape index (κ3) is 3.55. The number of thiophene rings is 1. The van der Waals surface area contributed by atoms with Crippen LogP contribution in [0.2, 0.25) is 0 Å². The van der Waals surface area contributed by atoms with E-state index in [1.807, 2.05) is 11.3 Å². The van der Waals surface area contributed by atoms with Crippen LogP contribution in [0.3, 0.4) is 0 Å². The van der Waals surface area contributed by atoms with Crippen LogP contribution in [0, 0.1) is 23.7 Å². The molecule has 4 bridgehead atoms. The first kappa shape index (κ1) is 26.4. The predicted octanol–water partition coefficient (Wildman–Crippen LogP) is 12.5. The maximum absolute atomic E-state index is 2.63. The molecule has 1 aromatic heterocycles. The second-order valence-electron chi connectivity index (χ2n) is 14.5. The number of anilines is 3. The van der Waals surface area contributed by atoms with E-state index in [0.29, 0.717) is 0 Å². The van der Waals surface area contributed by atoms with Crippen molar-refractivity contribution in [3.63, 3.8) is 0 Å². The molecule has 4 fully saturated rings. The Bertz CT molecular complexity index is 2350. The van der Waals surface area contributed by atoms with Gasteiger partial charge in [-0.05, 0) is 125 Å². The molecule has 5 aliphatic carbocycles. The van der Waals surface area contributed by atoms with Gasteiger partial charge in [0.1, 0.15) is 0 Å². The van der Waals surface area contributed by atoms with Crippen molar-refractivity contribution in [1.82, 2.24) is 0 Å². The van der Waals surface area contributed by atoms with Gasteiger partial charge in [0.25, 0.3) is 0 Å². The molecule has 0 saturated heterocycles. The molecule has 1 spiro atoms. The quantitative estimate of drug-likeness (QED) is 0.189. The molecule has 47 heavy (non-hydrogen) atoms. The molecule has 0 radical (unpaired) electrons. The van der Waals surface area contributed by atoms with Crippen LogP contribution >= 0.6 is 11.3 Å². The SMILES string of the molecule is c1ccc(-c2ccc(N(c3ccc4c(c3)C3(c5ccccc5-4)C4CC5CC(C4)C3C5)c3cccc4sc5ccccc5c34)cc2)cc1. The first-order chi connectivity index (χ1) is 23.3. The Balaban J connectivity index is 1.15. The lowest BCUT2D eigenvalue weighted by molar-refractivity contribution is 0.191. The zero-order valence-corrected chi connectivity index (χ0v) is 27.1. The summed E-state index contributed by atoms with van der Waals surface area (Å²) in [5.41, 5.74) is 12.5. The molecule has 12 rings (SSSR count). The third-order valence-electron chi connectivity index (χ3n) is 12.5. The highest BCUT2D eigenvalue weighted by molar-refractivity contribution is 7.26. The Morgan fingerprint density at radius 2 is 1.30 bits per heavy atom. The first-order valence-electron chi connectivity index (χ1n) is 17.4. The average Bonchev–Trinajstić information content (AvgIpc) is 3.81. The van der Waals surface area contributed by atoms with Crippen molar-refractivity contribution in [2.24, 2.45) is 23.7 Å². The zero-order valence-electron chi connectivity index (χ0n) is 26.3. The maximum atomic E-state index is 2.63. The summed E-state index contributed by atoms with van der Waals surface area (Å²) in [6, 6.07) is 52.7. The van der Waals surface area contributed by atoms with Crippen LogP contribution in [0.5, 0.6) is 0 Å². The topological polar surface area (TPSA) is 3.24 Å². The fourth-order valence-corrected chi connectivity index (χ4v) is 12.0. The molecule has 5 unspecified atom stereocenters. The molecule has 226 valence electrons. The van der Waals surface area contributed by atoms with Crippen molar-refractivity contribution in [3.05, 3.63) is 151 Å². The molecular weight excluding hydrogens is 587 g/mol. The van der Waals surface area contributed by atoms with E-state index in [9.17, 15) is 0 Å². The van der Waals surface area contributed by atoms with Crippen molar-refractivity contribution in [2.45, 2.75) is 31.1 Å². The van der Waals surface area contributed by atoms with Gasteiger partial charge < -0.3 is 4.90 Å². The van der Waals surface area contributed by atoms with Gasteiger partial charge in [-0.15, -0.1) is 11.3 Å². The van der Waals surface area contributed by atoms with Gasteiger partial charge in [-0.3, -0.25) is 0 Å². The molecule has 0 N–H and O–H groups in total. The minimum Gasteiger partial charge on any atom is -0.310 e. The maximum Gasteiger partial charge on any atom is 0.0554 e. The van der Waals surface area contributed by atoms with Gasteiger partial charge in [-0.25, -0.2) is 0 Å². The number of hydrogen-bond acceptors (Lipinski definition) is 2. The van der Waals surface area contributed by atoms with E-state index in [2.05, 4.69) is 144 Å². The van der Waals surface area contributed by atoms with Crippen LogP contribution < -0.4 is 4.90 Å². The Morgan fingerprint density at radius 1 is 0.553 bits per heavy atom. The molecule has 0 amide bonds. The monoisotopic (exact) mass is 621 g/mol. The molecule has 7 aromatic rings. The van der Waals surface area contributed by atoms with Gasteiger partial charge in [-0.1, -0.05) is 97.1 Å². The van der Waals surface area contributed by atoms with Gasteiger partial charge in [0, 0.05) is 37.0 Å². The number of hydrogen-bond donors (Lipinski definition) is 0. The smallest absolute Gasteiger partial charge is 0.0554 e. The van der Waals surface area contributed by atoms with Crippen LogP contribution in [0.15, 0.2) is 140 Å². The second kappa shape index (κ2) is 9.69. The highest BCUT2D eigenvalue weighted by Crippen LogP contribution is 2.73. The molecule has 5 atom stereocenters. The Hall–Kier alpha value is -4.66. The molecule has 6 aromatic carbocycles. The van der Waals surface area contributed by atoms with E-state index >= 15 is 0 Å². The van der Waals surface area contributed by atoms with Crippen molar-refractivity contribution >= 4 is 48.6 Å². The summed E-state index contributed by atoms with van der Waals surface area (Å²) in [6.45, 7) is 0. The van der Waals surface area contributed by atoms with Crippen LogP contribution in [0.1, 0.15) is 36.8 Å². The summed E-state index contributed by atoms with van der Waals surface area (Å²) in [7, 11) is 0. The summed E-state index contributed by atoms with van der Waals surface area (Å²) in [5.74, 6) is 3.35. The number of nitrogens with zero attached hydrogens (tertiary/aromatic N) is 1. The van der Waals surface area contributed by atoms with Crippen molar-refractivity contribution in [2.75, 3.05) is 4.90 Å². The highest BCUT2D eigenvalue weighted by Gasteiger charge is 2.66. The predicted molar refractivity (Wildman–Crippen MR) is 198 cm³/mol. The van der Waals surface area contributed by atoms with Gasteiger partial charge >= 0.3 is 0 Å². The Labute approximate surface area is 280 Å². The number of fused-ring (bicyclic) bond motifs is 6. The summed E-state index contributed by atoms with van der Waals surface area (Å²) < 4.78 is 2.68. The molecule has 0 aliphatic heterocycles. The molecule has 1 heterocycles. The Kier molecular flexibility index (Phi) is 5.44. The lowest BCUT2D eigenvalue weighted by Gasteiger charge is -2.44. The largest absolute Gasteiger partial charge is 0.310 e. The Morgan fingerprint density at radius 3 is 2.19 bits per heavy atom. The van der Waals surface area contributed by atoms with E-state index < -0.39 is 0 Å². The standard InChI is InChI=1S/C45H35NS/c1-2-9-29(10-3-1)30-17-19-33(20-18-30)46(41-14-8-16-43-44(41)37-12-5-7-15-42(37)47-43)34-21-22-36-35-11-4-6-13-38(35)45(40(36)27-34)32-24-28-23-31(26-32)39(45)25-28/h1-22,27-28,31-32,39H,23-26H2. The third-order valence-corrected chi connectivity index (χ3v) is 13.6. The van der Waals surface area contributed by atoms with Crippen molar-refractivity contribution < 1.29 is 0 Å². The minimum absolute atomic E-state index is 0.156. The summed E-state index contributed by atoms with van der Waals surface area (Å²) >= 11 is 1.90. The van der Waals surface area contributed by atoms with E-state index in [1.165, 1.54) is 85.2 Å². The number of rotatable bonds is 4. The lowest BCUT2D eigenvalue weighted by Crippen LogP contribution is -2.40. The van der Waals surface area contributed by atoms with Crippen LogP contribution in [0.25, 0.3) is 42.4 Å². The number of benzene rings is 6. The van der Waals surface area contributed by atoms with Crippen molar-refractivity contribution in [1.29, 1.82) is 0 Å². The van der Waals surface area contributed by atoms with Crippen LogP contribution in [-0.4, -0.2) is 0 Å². The second-order valence-corrected chi connectivity index (χ2v) is 15.6. The molecule has 1 nitrogen and oxygen atoms in total. The molecule has 2 heteroatoms. The highest BCUT2D eigenvalue weighted by atomic mass is 32.1. The average molecular weight is 622 g/mol. The van der Waals surface area contributed by atoms with E-state index in [4.69, 9.17) is 0 Å². The fraction of sp³-hybridized carbons (Fsp3) is 0.200. The van der Waals surface area contributed by atoms with Crippen molar-refractivity contribution in [3.8, 4) is 22.3 Å². The van der Waals surface area contributed by atoms with Crippen LogP contribution in [-0.2, 0) is 5.41 Å². The normalized spacial score (nSPS) is 24.8. The van der Waals surface area contributed by atoms with Crippen LogP contribution in [0.4, 0.5) is 17.1 Å². The minimum atomic E-state index is 0.156. The molecule has 4 saturated carbocycles. The lowest BCUT2D eigenvalue weighted by atomic mass is 9.59. The van der Waals surface area contributed by atoms with E-state index in [0.717, 1.165) is 23.7 Å². The molecular formula is C45H35NS. The molecule has 5 aliphatic rings.